The van der Waals surface area contributed by atoms with Crippen LogP contribution in [0.1, 0.15) is 29.7 Å². The first kappa shape index (κ1) is 16.3. The molecule has 112 valence electrons. The van der Waals surface area contributed by atoms with Gasteiger partial charge >= 0.3 is 0 Å². The highest BCUT2D eigenvalue weighted by Crippen LogP contribution is 2.27. The van der Waals surface area contributed by atoms with Gasteiger partial charge in [-0.15, -0.1) is 0 Å². The molecule has 0 bridgehead atoms. The van der Waals surface area contributed by atoms with Gasteiger partial charge < -0.3 is 5.32 Å². The predicted octanol–water partition coefficient (Wildman–Crippen LogP) is 5.33. The maximum Gasteiger partial charge on any atom is 0.123 e. The first-order valence-electron chi connectivity index (χ1n) is 6.94. The van der Waals surface area contributed by atoms with Crippen LogP contribution in [0.4, 0.5) is 4.39 Å². The van der Waals surface area contributed by atoms with E-state index in [9.17, 15) is 4.39 Å². The third kappa shape index (κ3) is 4.44. The topological polar surface area (TPSA) is 12.0 Å². The number of likely N-dealkylation sites (N-methyl/N-ethyl adjacent to an activating group) is 1. The van der Waals surface area contributed by atoms with Crippen molar-refractivity contribution in [3.63, 3.8) is 0 Å². The maximum atomic E-state index is 13.6. The monoisotopic (exact) mass is 325 g/mol. The molecule has 1 unspecified atom stereocenters. The third-order valence-corrected chi connectivity index (χ3v) is 3.94. The van der Waals surface area contributed by atoms with E-state index in [-0.39, 0.29) is 11.9 Å². The molecule has 2 aromatic rings. The number of benzene rings is 2. The number of halogens is 3. The van der Waals surface area contributed by atoms with Crippen molar-refractivity contribution in [3.05, 3.63) is 69.0 Å². The van der Waals surface area contributed by atoms with Gasteiger partial charge in [0, 0.05) is 16.1 Å². The van der Waals surface area contributed by atoms with Crippen molar-refractivity contribution in [1.82, 2.24) is 5.32 Å². The van der Waals surface area contributed by atoms with Gasteiger partial charge in [-0.3, -0.25) is 0 Å². The highest BCUT2D eigenvalue weighted by molar-refractivity contribution is 6.35. The number of hydrogen-bond acceptors (Lipinski definition) is 1. The summed E-state index contributed by atoms with van der Waals surface area (Å²) in [5.74, 6) is -0.213. The van der Waals surface area contributed by atoms with Crippen molar-refractivity contribution >= 4 is 23.2 Å². The van der Waals surface area contributed by atoms with E-state index < -0.39 is 0 Å². The van der Waals surface area contributed by atoms with Crippen LogP contribution in [0.25, 0.3) is 0 Å². The van der Waals surface area contributed by atoms with Crippen molar-refractivity contribution in [1.29, 1.82) is 0 Å². The summed E-state index contributed by atoms with van der Waals surface area (Å²) in [6.45, 7) is 4.72. The fourth-order valence-corrected chi connectivity index (χ4v) is 2.91. The van der Waals surface area contributed by atoms with Crippen molar-refractivity contribution in [2.75, 3.05) is 6.54 Å². The van der Waals surface area contributed by atoms with E-state index in [0.29, 0.717) is 16.5 Å². The van der Waals surface area contributed by atoms with Gasteiger partial charge in [0.15, 0.2) is 0 Å². The summed E-state index contributed by atoms with van der Waals surface area (Å²) < 4.78 is 13.6. The largest absolute Gasteiger partial charge is 0.310 e. The quantitative estimate of drug-likeness (QED) is 0.782. The van der Waals surface area contributed by atoms with Crippen molar-refractivity contribution < 1.29 is 4.39 Å². The molecule has 1 atom stereocenters. The van der Waals surface area contributed by atoms with E-state index in [2.05, 4.69) is 5.32 Å². The van der Waals surface area contributed by atoms with Crippen LogP contribution < -0.4 is 5.32 Å². The zero-order valence-electron chi connectivity index (χ0n) is 12.1. The van der Waals surface area contributed by atoms with Crippen LogP contribution in [-0.4, -0.2) is 6.54 Å². The van der Waals surface area contributed by atoms with Crippen LogP contribution >= 0.6 is 23.2 Å². The van der Waals surface area contributed by atoms with Gasteiger partial charge in [0.1, 0.15) is 5.82 Å². The Kier molecular flexibility index (Phi) is 5.63. The number of nitrogens with one attached hydrogen (secondary N) is 1. The first-order valence-corrected chi connectivity index (χ1v) is 7.69. The third-order valence-electron chi connectivity index (χ3n) is 3.36. The fraction of sp³-hybridized carbons (Fsp3) is 0.294. The van der Waals surface area contributed by atoms with Crippen LogP contribution in [0.3, 0.4) is 0 Å². The molecule has 0 aliphatic carbocycles. The molecule has 2 rings (SSSR count). The lowest BCUT2D eigenvalue weighted by Gasteiger charge is -2.20. The van der Waals surface area contributed by atoms with Crippen LogP contribution in [0.5, 0.6) is 0 Å². The second-order valence-corrected chi connectivity index (χ2v) is 5.96. The molecule has 0 fully saturated rings. The Bertz CT molecular complexity index is 608. The highest BCUT2D eigenvalue weighted by atomic mass is 35.5. The average Bonchev–Trinajstić information content (AvgIpc) is 2.40. The van der Waals surface area contributed by atoms with Gasteiger partial charge in [-0.2, -0.15) is 0 Å². The van der Waals surface area contributed by atoms with E-state index in [1.165, 1.54) is 6.07 Å². The van der Waals surface area contributed by atoms with Gasteiger partial charge in [0.25, 0.3) is 0 Å². The molecule has 0 saturated carbocycles. The molecule has 1 nitrogen and oxygen atoms in total. The Balaban J connectivity index is 2.30. The van der Waals surface area contributed by atoms with Crippen LogP contribution in [0.15, 0.2) is 36.4 Å². The standard InChI is InChI=1S/C17H18Cl2FN/c1-3-21-17(13-6-11(2)7-15(20)8-13)9-12-4-5-14(18)10-16(12)19/h4-8,10,17,21H,3,9H2,1-2H3. The molecular weight excluding hydrogens is 308 g/mol. The molecule has 4 heteroatoms. The highest BCUT2D eigenvalue weighted by Gasteiger charge is 2.14. The normalized spacial score (nSPS) is 12.4. The minimum Gasteiger partial charge on any atom is -0.310 e. The SMILES string of the molecule is CCNC(Cc1ccc(Cl)cc1Cl)c1cc(C)cc(F)c1. The van der Waals surface area contributed by atoms with Gasteiger partial charge in [-0.25, -0.2) is 4.39 Å². The lowest BCUT2D eigenvalue weighted by Crippen LogP contribution is -2.23. The zero-order valence-corrected chi connectivity index (χ0v) is 13.6. The van der Waals surface area contributed by atoms with E-state index in [0.717, 1.165) is 23.2 Å². The summed E-state index contributed by atoms with van der Waals surface area (Å²) in [5.41, 5.74) is 2.84. The molecular formula is C17H18Cl2FN. The summed E-state index contributed by atoms with van der Waals surface area (Å²) in [6, 6.07) is 10.6. The molecule has 0 radical (unpaired) electrons. The van der Waals surface area contributed by atoms with Crippen LogP contribution in [-0.2, 0) is 6.42 Å². The van der Waals surface area contributed by atoms with E-state index >= 15 is 0 Å². The Labute approximate surface area is 135 Å². The Morgan fingerprint density at radius 1 is 1.14 bits per heavy atom. The molecule has 0 amide bonds. The minimum atomic E-state index is -0.213. The van der Waals surface area contributed by atoms with Gasteiger partial charge in [-0.1, -0.05) is 42.3 Å². The first-order chi connectivity index (χ1) is 9.99. The van der Waals surface area contributed by atoms with E-state index in [4.69, 9.17) is 23.2 Å². The lowest BCUT2D eigenvalue weighted by atomic mass is 9.97. The van der Waals surface area contributed by atoms with Crippen molar-refractivity contribution in [3.8, 4) is 0 Å². The average molecular weight is 326 g/mol. The molecule has 0 spiro atoms. The summed E-state index contributed by atoms with van der Waals surface area (Å²) in [6.07, 6.45) is 0.687. The Hall–Kier alpha value is -1.09. The van der Waals surface area contributed by atoms with Crippen LogP contribution in [0, 0.1) is 12.7 Å². The van der Waals surface area contributed by atoms with Gasteiger partial charge in [0.05, 0.1) is 0 Å². The minimum absolute atomic E-state index is 0.0167. The van der Waals surface area contributed by atoms with E-state index in [1.807, 2.05) is 32.0 Å². The fourth-order valence-electron chi connectivity index (χ4n) is 2.43. The zero-order chi connectivity index (χ0) is 15.4. The summed E-state index contributed by atoms with van der Waals surface area (Å²) in [4.78, 5) is 0. The number of rotatable bonds is 5. The van der Waals surface area contributed by atoms with Gasteiger partial charge in [-0.05, 0) is 60.8 Å². The summed E-state index contributed by atoms with van der Waals surface area (Å²) >= 11 is 12.2. The van der Waals surface area contributed by atoms with Gasteiger partial charge in [0.2, 0.25) is 0 Å². The predicted molar refractivity (Wildman–Crippen MR) is 87.7 cm³/mol. The molecule has 0 aliphatic heterocycles. The van der Waals surface area contributed by atoms with Crippen molar-refractivity contribution in [2.45, 2.75) is 26.3 Å². The second kappa shape index (κ2) is 7.26. The lowest BCUT2D eigenvalue weighted by molar-refractivity contribution is 0.542. The summed E-state index contributed by atoms with van der Waals surface area (Å²) in [7, 11) is 0. The molecule has 1 N–H and O–H groups in total. The molecule has 0 aromatic heterocycles. The molecule has 2 aromatic carbocycles. The smallest absolute Gasteiger partial charge is 0.123 e. The number of hydrogen-bond donors (Lipinski definition) is 1. The van der Waals surface area contributed by atoms with E-state index in [1.54, 1.807) is 12.1 Å². The molecule has 0 saturated heterocycles. The summed E-state index contributed by atoms with van der Waals surface area (Å²) in [5, 5.41) is 4.64. The second-order valence-electron chi connectivity index (χ2n) is 5.11. The Morgan fingerprint density at radius 2 is 1.90 bits per heavy atom. The maximum absolute atomic E-state index is 13.6. The molecule has 0 heterocycles. The van der Waals surface area contributed by atoms with Crippen molar-refractivity contribution in [2.24, 2.45) is 0 Å². The van der Waals surface area contributed by atoms with Crippen LogP contribution in [0.2, 0.25) is 10.0 Å². The number of aryl methyl sites for hydroxylation is 1. The molecule has 21 heavy (non-hydrogen) atoms. The Morgan fingerprint density at radius 3 is 2.52 bits per heavy atom. The molecule has 0 aliphatic rings.